The van der Waals surface area contributed by atoms with Crippen molar-refractivity contribution in [1.29, 1.82) is 0 Å². The van der Waals surface area contributed by atoms with Gasteiger partial charge in [-0.2, -0.15) is 0 Å². The van der Waals surface area contributed by atoms with Crippen molar-refractivity contribution in [3.05, 3.63) is 6.42 Å². The molecule has 2 atom stereocenters. The van der Waals surface area contributed by atoms with Crippen molar-refractivity contribution in [2.24, 2.45) is 11.8 Å². The minimum atomic E-state index is 1.03. The summed E-state index contributed by atoms with van der Waals surface area (Å²) in [5, 5.41) is 0. The van der Waals surface area contributed by atoms with Gasteiger partial charge in [0.2, 0.25) is 0 Å². The first-order valence-corrected chi connectivity index (χ1v) is 4.80. The lowest BCUT2D eigenvalue weighted by Crippen LogP contribution is -2.04. The van der Waals surface area contributed by atoms with Gasteiger partial charge in [0.25, 0.3) is 0 Å². The molecule has 2 fully saturated rings. The molecule has 2 rings (SSSR count). The van der Waals surface area contributed by atoms with Gasteiger partial charge < -0.3 is 0 Å². The summed E-state index contributed by atoms with van der Waals surface area (Å²) in [6.45, 7) is 0. The molecule has 0 aromatic rings. The van der Waals surface area contributed by atoms with Gasteiger partial charge in [-0.05, 0) is 37.5 Å². The molecule has 2 aliphatic carbocycles. The maximum Gasteiger partial charge on any atom is -0.0352 e. The Morgan fingerprint density at radius 2 is 1.80 bits per heavy atom. The fourth-order valence-electron chi connectivity index (χ4n) is 2.61. The molecule has 57 valence electrons. The van der Waals surface area contributed by atoms with E-state index in [1.807, 2.05) is 0 Å². The summed E-state index contributed by atoms with van der Waals surface area (Å²) >= 11 is 0. The molecule has 0 bridgehead atoms. The predicted molar refractivity (Wildman–Crippen MR) is 43.6 cm³/mol. The van der Waals surface area contributed by atoms with Gasteiger partial charge >= 0.3 is 0 Å². The molecule has 2 saturated carbocycles. The molecule has 0 heteroatoms. The third kappa shape index (κ3) is 1.21. The van der Waals surface area contributed by atoms with Crippen molar-refractivity contribution in [1.82, 2.24) is 0 Å². The van der Waals surface area contributed by atoms with Crippen LogP contribution in [0.2, 0.25) is 0 Å². The van der Waals surface area contributed by atoms with E-state index in [4.69, 9.17) is 0 Å². The Labute approximate surface area is 64.0 Å². The summed E-state index contributed by atoms with van der Waals surface area (Å²) in [6.07, 6.45) is 13.0. The van der Waals surface area contributed by atoms with E-state index in [9.17, 15) is 0 Å². The number of hydrogen-bond acceptors (Lipinski definition) is 0. The van der Waals surface area contributed by atoms with Crippen LogP contribution < -0.4 is 0 Å². The first-order valence-electron chi connectivity index (χ1n) is 4.80. The maximum absolute atomic E-state index is 2.58. The van der Waals surface area contributed by atoms with Gasteiger partial charge in [0.05, 0.1) is 0 Å². The molecular weight excluding hydrogens is 120 g/mol. The van der Waals surface area contributed by atoms with Crippen molar-refractivity contribution in [3.8, 4) is 0 Å². The number of fused-ring (bicyclic) bond motifs is 1. The summed E-state index contributed by atoms with van der Waals surface area (Å²) in [6, 6.07) is 0. The van der Waals surface area contributed by atoms with Crippen LogP contribution in [0.4, 0.5) is 0 Å². The standard InChI is InChI=1S/C10H17/c1-2-5-9-7-4-8-10(9)6-3-1/h7,9-10H,1-6,8H2. The topological polar surface area (TPSA) is 0 Å². The zero-order chi connectivity index (χ0) is 6.81. The normalized spacial score (nSPS) is 40.8. The largest absolute Gasteiger partial charge is 0.0533 e. The van der Waals surface area contributed by atoms with Gasteiger partial charge in [0, 0.05) is 0 Å². The van der Waals surface area contributed by atoms with E-state index < -0.39 is 0 Å². The summed E-state index contributed by atoms with van der Waals surface area (Å²) in [7, 11) is 0. The minimum Gasteiger partial charge on any atom is -0.0533 e. The van der Waals surface area contributed by atoms with Crippen LogP contribution in [0.5, 0.6) is 0 Å². The minimum absolute atomic E-state index is 1.03. The molecule has 2 unspecified atom stereocenters. The Morgan fingerprint density at radius 1 is 0.900 bits per heavy atom. The highest BCUT2D eigenvalue weighted by atomic mass is 14.3. The van der Waals surface area contributed by atoms with Crippen LogP contribution in [0.3, 0.4) is 0 Å². The molecule has 1 radical (unpaired) electrons. The van der Waals surface area contributed by atoms with Gasteiger partial charge in [-0.1, -0.05) is 25.7 Å². The number of rotatable bonds is 0. The average Bonchev–Trinajstić information content (AvgIpc) is 2.28. The summed E-state index contributed by atoms with van der Waals surface area (Å²) in [4.78, 5) is 0. The molecule has 0 heterocycles. The van der Waals surface area contributed by atoms with Gasteiger partial charge in [0.1, 0.15) is 0 Å². The second-order valence-corrected chi connectivity index (χ2v) is 3.87. The van der Waals surface area contributed by atoms with E-state index in [0.717, 1.165) is 11.8 Å². The number of hydrogen-bond donors (Lipinski definition) is 0. The van der Waals surface area contributed by atoms with Crippen LogP contribution in [0.25, 0.3) is 0 Å². The molecule has 0 aliphatic heterocycles. The van der Waals surface area contributed by atoms with Crippen LogP contribution in [0, 0.1) is 18.3 Å². The predicted octanol–water partition coefficient (Wildman–Crippen LogP) is 3.18. The van der Waals surface area contributed by atoms with Gasteiger partial charge in [-0.3, -0.25) is 0 Å². The quantitative estimate of drug-likeness (QED) is 0.481. The van der Waals surface area contributed by atoms with Crippen LogP contribution in [-0.2, 0) is 0 Å². The molecule has 10 heavy (non-hydrogen) atoms. The second-order valence-electron chi connectivity index (χ2n) is 3.87. The molecule has 0 aromatic heterocycles. The molecule has 0 aromatic carbocycles. The van der Waals surface area contributed by atoms with E-state index in [-0.39, 0.29) is 0 Å². The molecular formula is C10H17. The van der Waals surface area contributed by atoms with Crippen molar-refractivity contribution in [2.75, 3.05) is 0 Å². The van der Waals surface area contributed by atoms with Gasteiger partial charge in [0.15, 0.2) is 0 Å². The van der Waals surface area contributed by atoms with E-state index >= 15 is 0 Å². The summed E-state index contributed by atoms with van der Waals surface area (Å²) < 4.78 is 0. The van der Waals surface area contributed by atoms with Gasteiger partial charge in [-0.15, -0.1) is 0 Å². The van der Waals surface area contributed by atoms with E-state index in [1.165, 1.54) is 44.9 Å². The van der Waals surface area contributed by atoms with Crippen molar-refractivity contribution >= 4 is 0 Å². The zero-order valence-corrected chi connectivity index (χ0v) is 6.68. The molecule has 0 amide bonds. The van der Waals surface area contributed by atoms with Crippen LogP contribution >= 0.6 is 0 Å². The Bertz CT molecular complexity index is 94.6. The average molecular weight is 137 g/mol. The van der Waals surface area contributed by atoms with Crippen LogP contribution in [0.15, 0.2) is 0 Å². The van der Waals surface area contributed by atoms with Gasteiger partial charge in [-0.25, -0.2) is 0 Å². The highest BCUT2D eigenvalue weighted by molar-refractivity contribution is 4.91. The summed E-state index contributed by atoms with van der Waals surface area (Å²) in [5.41, 5.74) is 0. The Morgan fingerprint density at radius 3 is 2.80 bits per heavy atom. The third-order valence-corrected chi connectivity index (χ3v) is 3.22. The fraction of sp³-hybridized carbons (Fsp3) is 0.900. The lowest BCUT2D eigenvalue weighted by molar-refractivity contribution is 0.396. The fourth-order valence-corrected chi connectivity index (χ4v) is 2.61. The molecule has 0 N–H and O–H groups in total. The summed E-state index contributed by atoms with van der Waals surface area (Å²) in [5.74, 6) is 2.13. The Hall–Kier alpha value is 0. The highest BCUT2D eigenvalue weighted by Gasteiger charge is 2.27. The van der Waals surface area contributed by atoms with E-state index in [0.29, 0.717) is 0 Å². The lowest BCUT2D eigenvalue weighted by atomic mass is 9.92. The second kappa shape index (κ2) is 2.94. The molecule has 0 nitrogen and oxygen atoms in total. The monoisotopic (exact) mass is 137 g/mol. The smallest absolute Gasteiger partial charge is 0.0352 e. The van der Waals surface area contributed by atoms with Crippen LogP contribution in [-0.4, -0.2) is 0 Å². The van der Waals surface area contributed by atoms with E-state index in [1.54, 1.807) is 0 Å². The molecule has 0 spiro atoms. The van der Waals surface area contributed by atoms with E-state index in [2.05, 4.69) is 6.42 Å². The maximum atomic E-state index is 2.58. The third-order valence-electron chi connectivity index (χ3n) is 3.22. The highest BCUT2D eigenvalue weighted by Crippen LogP contribution is 2.39. The molecule has 2 aliphatic rings. The van der Waals surface area contributed by atoms with Crippen molar-refractivity contribution in [3.63, 3.8) is 0 Å². The SMILES string of the molecule is [CH]1CCC2CCCCCC12. The first-order chi connectivity index (χ1) is 4.97. The lowest BCUT2D eigenvalue weighted by Gasteiger charge is -2.14. The first kappa shape index (κ1) is 6.69. The van der Waals surface area contributed by atoms with Crippen molar-refractivity contribution < 1.29 is 0 Å². The van der Waals surface area contributed by atoms with Crippen LogP contribution in [0.1, 0.15) is 44.9 Å². The zero-order valence-electron chi connectivity index (χ0n) is 6.68. The Kier molecular flexibility index (Phi) is 1.97. The molecule has 0 saturated heterocycles. The van der Waals surface area contributed by atoms with Crippen molar-refractivity contribution in [2.45, 2.75) is 44.9 Å². The Balaban J connectivity index is 1.95.